The van der Waals surface area contributed by atoms with Gasteiger partial charge in [0.15, 0.2) is 11.2 Å². The van der Waals surface area contributed by atoms with Crippen LogP contribution in [0, 0.1) is 0 Å². The van der Waals surface area contributed by atoms with Gasteiger partial charge in [-0.15, -0.1) is 11.3 Å². The van der Waals surface area contributed by atoms with E-state index in [0.717, 1.165) is 11.3 Å². The molecule has 6 heteroatoms. The summed E-state index contributed by atoms with van der Waals surface area (Å²) in [6, 6.07) is 0. The minimum absolute atomic E-state index is 0.194. The maximum Gasteiger partial charge on any atom is 0.236 e. The number of aliphatic hydroxyl groups is 1. The Bertz CT molecular complexity index is 286. The first-order valence-corrected chi connectivity index (χ1v) is 3.87. The van der Waals surface area contributed by atoms with Crippen molar-refractivity contribution in [2.24, 2.45) is 0 Å². The summed E-state index contributed by atoms with van der Waals surface area (Å²) in [7, 11) is 0. The molecule has 1 atom stereocenters. The average Bonchev–Trinajstić information content (AvgIpc) is 2.52. The molecule has 0 aromatic carbocycles. The number of thiazole rings is 1. The largest absolute Gasteiger partial charge is 0.378 e. The van der Waals surface area contributed by atoms with Gasteiger partial charge in [-0.1, -0.05) is 0 Å². The zero-order valence-corrected chi connectivity index (χ0v) is 6.67. The Labute approximate surface area is 72.1 Å². The molecule has 1 heterocycles. The monoisotopic (exact) mass is 185 g/mol. The quantitative estimate of drug-likeness (QED) is 0.639. The predicted octanol–water partition coefficient (Wildman–Crippen LogP) is -0.145. The highest BCUT2D eigenvalue weighted by Gasteiger charge is 2.10. The zero-order chi connectivity index (χ0) is 8.97. The number of hydrogen-bond donors (Lipinski definition) is 2. The summed E-state index contributed by atoms with van der Waals surface area (Å²) in [4.78, 5) is 23.6. The smallest absolute Gasteiger partial charge is 0.236 e. The molecule has 0 aliphatic carbocycles. The molecule has 1 radical (unpaired) electrons. The molecule has 1 aromatic heterocycles. The van der Waals surface area contributed by atoms with Gasteiger partial charge in [-0.3, -0.25) is 9.59 Å². The summed E-state index contributed by atoms with van der Waals surface area (Å²) in [6.07, 6.45) is 0.512. The van der Waals surface area contributed by atoms with Gasteiger partial charge in [0.05, 0.1) is 5.69 Å². The summed E-state index contributed by atoms with van der Waals surface area (Å²) in [6.45, 7) is 0. The van der Waals surface area contributed by atoms with E-state index >= 15 is 0 Å². The van der Waals surface area contributed by atoms with Gasteiger partial charge in [-0.05, 0) is 0 Å². The van der Waals surface area contributed by atoms with E-state index in [0.29, 0.717) is 11.5 Å². The van der Waals surface area contributed by atoms with Crippen molar-refractivity contribution >= 4 is 29.2 Å². The molecule has 1 unspecified atom stereocenters. The standard InChI is InChI=1S/C6H5N2O3S/c9-1-5(11)4-2-12-6(8-4)7-3-10/h2-3,5,11H,(H,7,8,10). The minimum Gasteiger partial charge on any atom is -0.378 e. The van der Waals surface area contributed by atoms with E-state index in [9.17, 15) is 9.59 Å². The Balaban J connectivity index is 2.75. The van der Waals surface area contributed by atoms with Gasteiger partial charge in [0, 0.05) is 5.38 Å². The summed E-state index contributed by atoms with van der Waals surface area (Å²) in [5.41, 5.74) is 0.194. The molecule has 0 aliphatic rings. The fraction of sp³-hybridized carbons (Fsp3) is 0.167. The number of aliphatic hydroxyl groups excluding tert-OH is 1. The van der Waals surface area contributed by atoms with Crippen LogP contribution in [0.4, 0.5) is 5.13 Å². The fourth-order valence-electron chi connectivity index (χ4n) is 0.589. The third-order valence-electron chi connectivity index (χ3n) is 1.10. The predicted molar refractivity (Wildman–Crippen MR) is 42.5 cm³/mol. The topological polar surface area (TPSA) is 79.3 Å². The van der Waals surface area contributed by atoms with E-state index in [-0.39, 0.29) is 5.69 Å². The van der Waals surface area contributed by atoms with Crippen LogP contribution in [0.1, 0.15) is 11.8 Å². The normalized spacial score (nSPS) is 12.1. The van der Waals surface area contributed by atoms with Crippen molar-refractivity contribution in [1.82, 2.24) is 4.98 Å². The number of amides is 1. The van der Waals surface area contributed by atoms with Crippen LogP contribution in [-0.4, -0.2) is 22.8 Å². The van der Waals surface area contributed by atoms with Crippen molar-refractivity contribution in [2.45, 2.75) is 6.10 Å². The highest BCUT2D eigenvalue weighted by Crippen LogP contribution is 2.18. The second-order valence-corrected chi connectivity index (χ2v) is 2.72. The number of anilines is 1. The highest BCUT2D eigenvalue weighted by molar-refractivity contribution is 7.13. The molecule has 12 heavy (non-hydrogen) atoms. The lowest BCUT2D eigenvalue weighted by Gasteiger charge is -1.93. The number of carbonyl (C=O) groups is 1. The number of carbonyl (C=O) groups excluding carboxylic acids is 2. The van der Waals surface area contributed by atoms with Crippen LogP contribution in [0.15, 0.2) is 5.38 Å². The molecule has 0 saturated carbocycles. The third kappa shape index (κ3) is 1.86. The fourth-order valence-corrected chi connectivity index (χ4v) is 1.28. The Hall–Kier alpha value is -1.27. The van der Waals surface area contributed by atoms with Crippen LogP contribution in [0.3, 0.4) is 0 Å². The van der Waals surface area contributed by atoms with E-state index in [1.54, 1.807) is 0 Å². The van der Waals surface area contributed by atoms with Crippen LogP contribution >= 0.6 is 11.3 Å². The van der Waals surface area contributed by atoms with Crippen LogP contribution < -0.4 is 5.32 Å². The molecular weight excluding hydrogens is 180 g/mol. The van der Waals surface area contributed by atoms with Crippen LogP contribution in [0.2, 0.25) is 0 Å². The number of hydrogen-bond acceptors (Lipinski definition) is 5. The summed E-state index contributed by atoms with van der Waals surface area (Å²) in [5.74, 6) is 0. The van der Waals surface area contributed by atoms with E-state index in [4.69, 9.17) is 5.11 Å². The number of aromatic nitrogens is 1. The molecule has 63 valence electrons. The molecule has 5 nitrogen and oxygen atoms in total. The molecule has 0 fully saturated rings. The molecule has 1 aromatic rings. The van der Waals surface area contributed by atoms with Gasteiger partial charge in [0.2, 0.25) is 12.7 Å². The van der Waals surface area contributed by atoms with Crippen LogP contribution in [0.25, 0.3) is 0 Å². The lowest BCUT2D eigenvalue weighted by atomic mass is 10.3. The third-order valence-corrected chi connectivity index (χ3v) is 1.89. The van der Waals surface area contributed by atoms with Crippen molar-refractivity contribution < 1.29 is 14.7 Å². The van der Waals surface area contributed by atoms with Gasteiger partial charge in [-0.2, -0.15) is 0 Å². The Morgan fingerprint density at radius 2 is 2.58 bits per heavy atom. The zero-order valence-electron chi connectivity index (χ0n) is 5.85. The van der Waals surface area contributed by atoms with E-state index in [1.807, 2.05) is 0 Å². The Morgan fingerprint density at radius 1 is 1.83 bits per heavy atom. The van der Waals surface area contributed by atoms with Crippen molar-refractivity contribution in [3.05, 3.63) is 11.1 Å². The second kappa shape index (κ2) is 3.93. The van der Waals surface area contributed by atoms with Gasteiger partial charge >= 0.3 is 0 Å². The van der Waals surface area contributed by atoms with Crippen LogP contribution in [-0.2, 0) is 9.59 Å². The first-order valence-electron chi connectivity index (χ1n) is 2.99. The summed E-state index contributed by atoms with van der Waals surface area (Å²) in [5, 5.41) is 13.0. The molecule has 0 spiro atoms. The molecular formula is C6H5N2O3S. The number of nitrogens with one attached hydrogen (secondary N) is 1. The maximum atomic E-state index is 9.97. The van der Waals surface area contributed by atoms with E-state index < -0.39 is 6.10 Å². The SMILES string of the molecule is O=[C]C(O)c1csc(NC=O)n1. The average molecular weight is 185 g/mol. The first-order chi connectivity index (χ1) is 5.77. The van der Waals surface area contributed by atoms with E-state index in [1.165, 1.54) is 11.7 Å². The minimum atomic E-state index is -1.33. The lowest BCUT2D eigenvalue weighted by Crippen LogP contribution is -1.99. The number of rotatable bonds is 4. The number of nitrogens with zero attached hydrogens (tertiary/aromatic N) is 1. The van der Waals surface area contributed by atoms with Gasteiger partial charge in [0.1, 0.15) is 0 Å². The van der Waals surface area contributed by atoms with Crippen LogP contribution in [0.5, 0.6) is 0 Å². The molecule has 1 amide bonds. The molecule has 1 rings (SSSR count). The first kappa shape index (κ1) is 8.82. The summed E-state index contributed by atoms with van der Waals surface area (Å²) >= 11 is 1.13. The highest BCUT2D eigenvalue weighted by atomic mass is 32.1. The van der Waals surface area contributed by atoms with Crippen molar-refractivity contribution in [3.63, 3.8) is 0 Å². The lowest BCUT2D eigenvalue weighted by molar-refractivity contribution is -0.105. The molecule has 2 N–H and O–H groups in total. The van der Waals surface area contributed by atoms with Gasteiger partial charge < -0.3 is 10.4 Å². The molecule has 0 saturated heterocycles. The van der Waals surface area contributed by atoms with Crippen molar-refractivity contribution in [1.29, 1.82) is 0 Å². The van der Waals surface area contributed by atoms with Gasteiger partial charge in [-0.25, -0.2) is 4.98 Å². The summed E-state index contributed by atoms with van der Waals surface area (Å²) < 4.78 is 0. The van der Waals surface area contributed by atoms with Crippen molar-refractivity contribution in [2.75, 3.05) is 5.32 Å². The second-order valence-electron chi connectivity index (χ2n) is 1.86. The van der Waals surface area contributed by atoms with Crippen molar-refractivity contribution in [3.8, 4) is 0 Å². The maximum absolute atomic E-state index is 9.97. The van der Waals surface area contributed by atoms with Gasteiger partial charge in [0.25, 0.3) is 0 Å². The Morgan fingerprint density at radius 3 is 3.17 bits per heavy atom. The molecule has 0 bridgehead atoms. The Kier molecular flexibility index (Phi) is 2.89. The molecule has 0 aliphatic heterocycles. The van der Waals surface area contributed by atoms with E-state index in [2.05, 4.69) is 10.3 Å².